The number of benzene rings is 11. The van der Waals surface area contributed by atoms with Gasteiger partial charge in [-0.05, 0) is 177 Å². The summed E-state index contributed by atoms with van der Waals surface area (Å²) in [7, 11) is 0. The van der Waals surface area contributed by atoms with Gasteiger partial charge in [0.1, 0.15) is 45.4 Å². The van der Waals surface area contributed by atoms with Crippen LogP contribution in [0, 0.1) is 27.7 Å². The standard InChI is InChI=1S/C42H28N6O2.C36H24N6O2/c1-23-3-15-31-33(19-23)45-39(43-31)25-5-7-26(8-6-25)40-44-32-16-13-29(21-34(32)46-40)30-14-18-38-36(22-30)48-42(50-38)28-11-9-27(10-12-28)41-47-35-20-24(2)4-17-37(35)49-41;1-19-3-6-23(7-4-19)35-41-29-17-30-32(18-31(29)43-35)44-36(42-30)24-12-14-26-28(16-24)40-34(38-26)22-10-8-21(9-11-22)33-37-25-13-5-20(2)15-27(25)39-33/h3-22H,1-2H3,(H,43,45)(H,44,46);3-18H,1-2H3,(H,37,39)(H,38,40). The first kappa shape index (κ1) is 54.1. The molecule has 0 aliphatic rings. The summed E-state index contributed by atoms with van der Waals surface area (Å²) in [5.41, 5.74) is 27.9. The first-order valence-electron chi connectivity index (χ1n) is 30.8. The molecule has 94 heavy (non-hydrogen) atoms. The van der Waals surface area contributed by atoms with Gasteiger partial charge in [0.15, 0.2) is 22.3 Å². The number of oxazole rings is 4. The first-order chi connectivity index (χ1) is 46.0. The van der Waals surface area contributed by atoms with E-state index in [0.29, 0.717) is 34.7 Å². The van der Waals surface area contributed by atoms with Crippen LogP contribution in [0.25, 0.3) is 191 Å². The average Bonchev–Trinajstić information content (AvgIpc) is 1.66. The zero-order chi connectivity index (χ0) is 62.7. The maximum Gasteiger partial charge on any atom is 0.227 e. The molecule has 16 nitrogen and oxygen atoms in total. The number of hydrogen-bond donors (Lipinski definition) is 4. The van der Waals surface area contributed by atoms with E-state index in [4.69, 9.17) is 47.6 Å². The molecule has 19 rings (SSSR count). The van der Waals surface area contributed by atoms with Gasteiger partial charge in [0, 0.05) is 50.6 Å². The minimum absolute atomic E-state index is 0.517. The van der Waals surface area contributed by atoms with Crippen LogP contribution in [0.5, 0.6) is 0 Å². The van der Waals surface area contributed by atoms with Crippen molar-refractivity contribution in [2.45, 2.75) is 27.7 Å². The van der Waals surface area contributed by atoms with Crippen LogP contribution in [0.1, 0.15) is 22.3 Å². The number of aromatic amines is 4. The quantitative estimate of drug-likeness (QED) is 0.106. The summed E-state index contributed by atoms with van der Waals surface area (Å²) in [6.07, 6.45) is 0. The van der Waals surface area contributed by atoms with Gasteiger partial charge in [-0.25, -0.2) is 39.9 Å². The van der Waals surface area contributed by atoms with Crippen molar-refractivity contribution in [1.29, 1.82) is 0 Å². The molecule has 0 unspecified atom stereocenters. The van der Waals surface area contributed by atoms with E-state index < -0.39 is 0 Å². The molecule has 448 valence electrons. The van der Waals surface area contributed by atoms with Gasteiger partial charge < -0.3 is 37.6 Å². The van der Waals surface area contributed by atoms with E-state index in [1.807, 2.05) is 110 Å². The third-order valence-electron chi connectivity index (χ3n) is 17.2. The summed E-state index contributed by atoms with van der Waals surface area (Å²) in [4.78, 5) is 52.1. The molecule has 0 fully saturated rings. The van der Waals surface area contributed by atoms with Gasteiger partial charge in [0.05, 0.1) is 44.1 Å². The fraction of sp³-hybridized carbons (Fsp3) is 0.0513. The fourth-order valence-electron chi connectivity index (χ4n) is 12.1. The van der Waals surface area contributed by atoms with Crippen molar-refractivity contribution < 1.29 is 17.7 Å². The van der Waals surface area contributed by atoms with Crippen molar-refractivity contribution in [1.82, 2.24) is 59.8 Å². The molecule has 0 aliphatic heterocycles. The Bertz CT molecular complexity index is 5910. The molecule has 0 saturated carbocycles. The Morgan fingerprint density at radius 1 is 0.202 bits per heavy atom. The molecule has 0 radical (unpaired) electrons. The third kappa shape index (κ3) is 9.89. The maximum absolute atomic E-state index is 6.17. The van der Waals surface area contributed by atoms with Gasteiger partial charge in [-0.15, -0.1) is 0 Å². The lowest BCUT2D eigenvalue weighted by Gasteiger charge is -2.01. The van der Waals surface area contributed by atoms with Crippen LogP contribution in [-0.4, -0.2) is 59.8 Å². The van der Waals surface area contributed by atoms with E-state index in [1.54, 1.807) is 0 Å². The number of aromatic nitrogens is 12. The van der Waals surface area contributed by atoms with Crippen LogP contribution in [-0.2, 0) is 0 Å². The van der Waals surface area contributed by atoms with E-state index in [2.05, 4.69) is 166 Å². The minimum atomic E-state index is 0.517. The number of imidazole rings is 4. The van der Waals surface area contributed by atoms with Crippen LogP contribution >= 0.6 is 0 Å². The lowest BCUT2D eigenvalue weighted by atomic mass is 10.0. The number of nitrogens with zero attached hydrogens (tertiary/aromatic N) is 8. The van der Waals surface area contributed by atoms with Crippen LogP contribution in [0.3, 0.4) is 0 Å². The van der Waals surface area contributed by atoms with E-state index in [-0.39, 0.29) is 0 Å². The largest absolute Gasteiger partial charge is 0.436 e. The third-order valence-corrected chi connectivity index (χ3v) is 17.2. The predicted molar refractivity (Wildman–Crippen MR) is 370 cm³/mol. The predicted octanol–water partition coefficient (Wildman–Crippen LogP) is 19.7. The van der Waals surface area contributed by atoms with Crippen molar-refractivity contribution in [3.63, 3.8) is 0 Å². The van der Waals surface area contributed by atoms with Crippen LogP contribution < -0.4 is 0 Å². The molecule has 11 aromatic carbocycles. The molecule has 0 atom stereocenters. The highest BCUT2D eigenvalue weighted by Gasteiger charge is 2.19. The molecule has 0 amide bonds. The van der Waals surface area contributed by atoms with Crippen molar-refractivity contribution in [3.8, 4) is 102 Å². The summed E-state index contributed by atoms with van der Waals surface area (Å²) in [6.45, 7) is 8.25. The van der Waals surface area contributed by atoms with Crippen molar-refractivity contribution in [2.75, 3.05) is 0 Å². The lowest BCUT2D eigenvalue weighted by molar-refractivity contribution is 0.609. The first-order valence-corrected chi connectivity index (χ1v) is 30.8. The highest BCUT2D eigenvalue weighted by molar-refractivity contribution is 5.93. The molecule has 0 bridgehead atoms. The number of hydrogen-bond acceptors (Lipinski definition) is 12. The summed E-state index contributed by atoms with van der Waals surface area (Å²) >= 11 is 0. The molecular weight excluding hydrogens is 1170 g/mol. The Labute approximate surface area is 534 Å². The number of aryl methyl sites for hydroxylation is 4. The zero-order valence-electron chi connectivity index (χ0n) is 51.0. The topological polar surface area (TPSA) is 219 Å². The normalized spacial score (nSPS) is 11.8. The number of nitrogens with one attached hydrogen (secondary N) is 4. The number of fused-ring (bicyclic) bond motifs is 8. The highest BCUT2D eigenvalue weighted by atomic mass is 16.4. The summed E-state index contributed by atoms with van der Waals surface area (Å²) in [5.74, 6) is 5.55. The van der Waals surface area contributed by atoms with Crippen molar-refractivity contribution >= 4 is 88.5 Å². The van der Waals surface area contributed by atoms with Gasteiger partial charge in [0.25, 0.3) is 0 Å². The SMILES string of the molecule is Cc1ccc(-c2nc3cc4nc(-c5ccc6[nH]c(-c7ccc(-c8nc9cc(C)ccc9[nH]8)cc7)nc6c5)oc4cc3o2)cc1.Cc1ccc2[nH]c(-c3ccc(-c4nc5cc(-c6ccc7oc(-c8ccc(-c9nc%10cc(C)ccc%10o9)cc8)nc7c6)ccc5[nH]4)cc3)nc2c1. The van der Waals surface area contributed by atoms with Crippen molar-refractivity contribution in [2.24, 2.45) is 0 Å². The second-order valence-corrected chi connectivity index (χ2v) is 24.0. The van der Waals surface area contributed by atoms with Crippen molar-refractivity contribution in [3.05, 3.63) is 241 Å². The van der Waals surface area contributed by atoms with Crippen LogP contribution in [0.4, 0.5) is 0 Å². The van der Waals surface area contributed by atoms with Gasteiger partial charge in [-0.1, -0.05) is 96.6 Å². The second kappa shape index (κ2) is 21.4. The van der Waals surface area contributed by atoms with Crippen LogP contribution in [0.2, 0.25) is 0 Å². The minimum Gasteiger partial charge on any atom is -0.436 e. The maximum atomic E-state index is 6.17. The van der Waals surface area contributed by atoms with E-state index in [1.165, 1.54) is 16.7 Å². The fourth-order valence-corrected chi connectivity index (χ4v) is 12.1. The zero-order valence-corrected chi connectivity index (χ0v) is 51.0. The molecule has 0 spiro atoms. The molecular formula is C78H52N12O4. The van der Waals surface area contributed by atoms with Gasteiger partial charge >= 0.3 is 0 Å². The molecule has 0 aliphatic carbocycles. The number of rotatable bonds is 9. The van der Waals surface area contributed by atoms with Gasteiger partial charge in [-0.2, -0.15) is 0 Å². The average molecular weight is 1220 g/mol. The molecule has 16 heteroatoms. The molecule has 8 aromatic heterocycles. The Morgan fingerprint density at radius 3 is 0.915 bits per heavy atom. The van der Waals surface area contributed by atoms with Crippen LogP contribution in [0.15, 0.2) is 236 Å². The number of H-pyrrole nitrogens is 4. The molecule has 0 saturated heterocycles. The van der Waals surface area contributed by atoms with E-state index in [0.717, 1.165) is 162 Å². The second-order valence-electron chi connectivity index (χ2n) is 24.0. The Kier molecular flexibility index (Phi) is 12.3. The molecule has 8 heterocycles. The summed E-state index contributed by atoms with van der Waals surface area (Å²) in [6, 6.07) is 73.2. The summed E-state index contributed by atoms with van der Waals surface area (Å²) < 4.78 is 24.4. The molecule has 4 N–H and O–H groups in total. The lowest BCUT2D eigenvalue weighted by Crippen LogP contribution is -1.83. The smallest absolute Gasteiger partial charge is 0.227 e. The molecule has 19 aromatic rings. The monoisotopic (exact) mass is 1220 g/mol. The Hall–Kier alpha value is -12.8. The highest BCUT2D eigenvalue weighted by Crippen LogP contribution is 2.36. The Morgan fingerprint density at radius 2 is 0.468 bits per heavy atom. The summed E-state index contributed by atoms with van der Waals surface area (Å²) in [5, 5.41) is 0. The Balaban J connectivity index is 0.000000139. The van der Waals surface area contributed by atoms with Gasteiger partial charge in [-0.3, -0.25) is 0 Å². The van der Waals surface area contributed by atoms with E-state index >= 15 is 0 Å². The van der Waals surface area contributed by atoms with Gasteiger partial charge in [0.2, 0.25) is 23.6 Å². The van der Waals surface area contributed by atoms with E-state index in [9.17, 15) is 0 Å².